The highest BCUT2D eigenvalue weighted by atomic mass is 79.9. The zero-order valence-electron chi connectivity index (χ0n) is 18.0. The summed E-state index contributed by atoms with van der Waals surface area (Å²) in [4.78, 5) is 14.7. The van der Waals surface area contributed by atoms with Crippen molar-refractivity contribution in [3.05, 3.63) is 34.9 Å². The molecular weight excluding hydrogens is 500 g/mol. The highest BCUT2D eigenvalue weighted by Gasteiger charge is 2.31. The van der Waals surface area contributed by atoms with Gasteiger partial charge in [0.2, 0.25) is 5.91 Å². The van der Waals surface area contributed by atoms with E-state index in [0.29, 0.717) is 26.1 Å². The van der Waals surface area contributed by atoms with E-state index in [1.165, 1.54) is 16.7 Å². The maximum Gasteiger partial charge on any atom is 0.223 e. The van der Waals surface area contributed by atoms with E-state index in [4.69, 9.17) is 9.47 Å². The molecule has 0 N–H and O–H groups in total. The summed E-state index contributed by atoms with van der Waals surface area (Å²) in [6, 6.07) is 6.83. The fraction of sp³-hybridized carbons (Fsp3) is 0.682. The number of piperazine rings is 1. The smallest absolute Gasteiger partial charge is 0.223 e. The molecule has 0 aliphatic carbocycles. The molecular formula is C22H35Br2N2O3+. The standard InChI is InChI=1S/C22H35Br2N2O3/c1-4-28-22(29-5-2)7-6-21(27)25-8-10-26(3,11-9-25)17-20-13-18(15-23)12-19(14-20)16-24/h12-14,22H,4-11,15-17H2,1-3H3/q+1. The number of nitrogens with zero attached hydrogens (tertiary/aromatic N) is 2. The summed E-state index contributed by atoms with van der Waals surface area (Å²) in [5.41, 5.74) is 4.00. The molecule has 0 aromatic heterocycles. The van der Waals surface area contributed by atoms with Crippen molar-refractivity contribution in [1.82, 2.24) is 4.90 Å². The summed E-state index contributed by atoms with van der Waals surface area (Å²) in [6.45, 7) is 9.69. The lowest BCUT2D eigenvalue weighted by atomic mass is 10.1. The largest absolute Gasteiger partial charge is 0.353 e. The van der Waals surface area contributed by atoms with Gasteiger partial charge in [0.1, 0.15) is 6.54 Å². The minimum Gasteiger partial charge on any atom is -0.353 e. The second kappa shape index (κ2) is 12.4. The van der Waals surface area contributed by atoms with Gasteiger partial charge in [-0.15, -0.1) is 0 Å². The predicted molar refractivity (Wildman–Crippen MR) is 124 cm³/mol. The lowest BCUT2D eigenvalue weighted by Crippen LogP contribution is -2.57. The van der Waals surface area contributed by atoms with Gasteiger partial charge in [0, 0.05) is 42.3 Å². The van der Waals surface area contributed by atoms with Crippen molar-refractivity contribution >= 4 is 37.8 Å². The molecule has 0 atom stereocenters. The number of alkyl halides is 2. The molecule has 164 valence electrons. The number of carbonyl (C=O) groups is 1. The van der Waals surface area contributed by atoms with E-state index in [-0.39, 0.29) is 12.2 Å². The number of halogens is 2. The maximum absolute atomic E-state index is 12.6. The van der Waals surface area contributed by atoms with Gasteiger partial charge < -0.3 is 18.9 Å². The third-order valence-corrected chi connectivity index (χ3v) is 6.75. The Morgan fingerprint density at radius 2 is 1.55 bits per heavy atom. The molecule has 7 heteroatoms. The summed E-state index contributed by atoms with van der Waals surface area (Å²) in [6.07, 6.45) is 0.832. The van der Waals surface area contributed by atoms with Gasteiger partial charge in [-0.3, -0.25) is 4.79 Å². The molecule has 1 amide bonds. The number of hydrogen-bond donors (Lipinski definition) is 0. The van der Waals surface area contributed by atoms with Gasteiger partial charge in [-0.2, -0.15) is 0 Å². The van der Waals surface area contributed by atoms with E-state index >= 15 is 0 Å². The van der Waals surface area contributed by atoms with E-state index in [2.05, 4.69) is 57.1 Å². The molecule has 29 heavy (non-hydrogen) atoms. The van der Waals surface area contributed by atoms with E-state index in [1.807, 2.05) is 18.7 Å². The van der Waals surface area contributed by atoms with Crippen molar-refractivity contribution in [2.75, 3.05) is 46.4 Å². The number of amides is 1. The van der Waals surface area contributed by atoms with Gasteiger partial charge in [0.15, 0.2) is 6.29 Å². The van der Waals surface area contributed by atoms with Crippen LogP contribution in [0.15, 0.2) is 18.2 Å². The molecule has 1 aromatic rings. The summed E-state index contributed by atoms with van der Waals surface area (Å²) in [7, 11) is 2.30. The topological polar surface area (TPSA) is 38.8 Å². The second-order valence-electron chi connectivity index (χ2n) is 7.91. The third-order valence-electron chi connectivity index (χ3n) is 5.46. The Hall–Kier alpha value is -0.470. The van der Waals surface area contributed by atoms with E-state index in [9.17, 15) is 4.79 Å². The Bertz CT molecular complexity index is 621. The molecule has 1 fully saturated rings. The van der Waals surface area contributed by atoms with Crippen LogP contribution in [0, 0.1) is 0 Å². The lowest BCUT2D eigenvalue weighted by Gasteiger charge is -2.42. The Balaban J connectivity index is 1.88. The first-order chi connectivity index (χ1) is 13.9. The van der Waals surface area contributed by atoms with Crippen LogP contribution in [0.25, 0.3) is 0 Å². The van der Waals surface area contributed by atoms with Crippen LogP contribution >= 0.6 is 31.9 Å². The highest BCUT2D eigenvalue weighted by molar-refractivity contribution is 9.08. The zero-order chi connectivity index (χ0) is 21.3. The number of carbonyl (C=O) groups excluding carboxylic acids is 1. The van der Waals surface area contributed by atoms with E-state index in [1.54, 1.807) is 0 Å². The first-order valence-electron chi connectivity index (χ1n) is 10.5. The van der Waals surface area contributed by atoms with Crippen LogP contribution in [-0.4, -0.2) is 68.0 Å². The molecule has 1 aliphatic heterocycles. The third kappa shape index (κ3) is 7.94. The maximum atomic E-state index is 12.6. The number of rotatable bonds is 11. The van der Waals surface area contributed by atoms with Crippen molar-refractivity contribution in [1.29, 1.82) is 0 Å². The molecule has 2 rings (SSSR count). The molecule has 0 saturated carbocycles. The van der Waals surface area contributed by atoms with Crippen LogP contribution in [0.5, 0.6) is 0 Å². The monoisotopic (exact) mass is 533 g/mol. The Labute approximate surface area is 192 Å². The van der Waals surface area contributed by atoms with Gasteiger partial charge in [0.05, 0.1) is 33.2 Å². The molecule has 0 spiro atoms. The van der Waals surface area contributed by atoms with Gasteiger partial charge in [0.25, 0.3) is 0 Å². The number of ether oxygens (including phenoxy) is 2. The Morgan fingerprint density at radius 3 is 2.03 bits per heavy atom. The summed E-state index contributed by atoms with van der Waals surface area (Å²) >= 11 is 7.16. The van der Waals surface area contributed by atoms with Crippen LogP contribution in [0.3, 0.4) is 0 Å². The molecule has 5 nitrogen and oxygen atoms in total. The van der Waals surface area contributed by atoms with Crippen LogP contribution < -0.4 is 0 Å². The number of hydrogen-bond acceptors (Lipinski definition) is 3. The number of quaternary nitrogens is 1. The van der Waals surface area contributed by atoms with Crippen molar-refractivity contribution in [2.45, 2.75) is 50.2 Å². The van der Waals surface area contributed by atoms with Crippen molar-refractivity contribution in [3.63, 3.8) is 0 Å². The van der Waals surface area contributed by atoms with Crippen LogP contribution in [0.1, 0.15) is 43.4 Å². The van der Waals surface area contributed by atoms with Gasteiger partial charge >= 0.3 is 0 Å². The first-order valence-corrected chi connectivity index (χ1v) is 12.8. The Morgan fingerprint density at radius 1 is 1.03 bits per heavy atom. The summed E-state index contributed by atoms with van der Waals surface area (Å²) < 4.78 is 12.1. The normalized spacial score (nSPS) is 16.4. The average molecular weight is 535 g/mol. The molecule has 0 radical (unpaired) electrons. The zero-order valence-corrected chi connectivity index (χ0v) is 21.1. The second-order valence-corrected chi connectivity index (χ2v) is 9.03. The lowest BCUT2D eigenvalue weighted by molar-refractivity contribution is -0.926. The molecule has 0 bridgehead atoms. The van der Waals surface area contributed by atoms with Gasteiger partial charge in [-0.05, 0) is 37.1 Å². The summed E-state index contributed by atoms with van der Waals surface area (Å²) in [5, 5.41) is 1.74. The minimum atomic E-state index is -0.273. The molecule has 1 saturated heterocycles. The summed E-state index contributed by atoms with van der Waals surface area (Å²) in [5.74, 6) is 0.212. The van der Waals surface area contributed by atoms with Crippen molar-refractivity contribution in [2.24, 2.45) is 0 Å². The molecule has 0 unspecified atom stereocenters. The highest BCUT2D eigenvalue weighted by Crippen LogP contribution is 2.21. The Kier molecular flexibility index (Phi) is 10.6. The fourth-order valence-electron chi connectivity index (χ4n) is 3.87. The number of benzene rings is 1. The number of likely N-dealkylation sites (N-methyl/N-ethyl adjacent to an activating group) is 1. The molecule has 1 heterocycles. The first kappa shape index (κ1) is 24.8. The minimum absolute atomic E-state index is 0.212. The molecule has 1 aromatic carbocycles. The van der Waals surface area contributed by atoms with Crippen LogP contribution in [-0.2, 0) is 31.5 Å². The SMILES string of the molecule is CCOC(CCC(=O)N1CC[N+](C)(Cc2cc(CBr)cc(CBr)c2)CC1)OCC. The van der Waals surface area contributed by atoms with E-state index in [0.717, 1.165) is 47.9 Å². The quantitative estimate of drug-likeness (QED) is 0.239. The predicted octanol–water partition coefficient (Wildman–Crippen LogP) is 4.44. The van der Waals surface area contributed by atoms with Crippen LogP contribution in [0.2, 0.25) is 0 Å². The van der Waals surface area contributed by atoms with Crippen molar-refractivity contribution < 1.29 is 18.8 Å². The van der Waals surface area contributed by atoms with Gasteiger partial charge in [-0.25, -0.2) is 0 Å². The van der Waals surface area contributed by atoms with E-state index < -0.39 is 0 Å². The van der Waals surface area contributed by atoms with Crippen LogP contribution in [0.4, 0.5) is 0 Å². The van der Waals surface area contributed by atoms with Crippen molar-refractivity contribution in [3.8, 4) is 0 Å². The fourth-order valence-corrected chi connectivity index (χ4v) is 4.51. The average Bonchev–Trinajstić information content (AvgIpc) is 2.72. The molecule has 1 aliphatic rings. The van der Waals surface area contributed by atoms with Gasteiger partial charge in [-0.1, -0.05) is 37.9 Å².